The SMILES string of the molecule is CC(C)(CNC(=O)c1cc(F)c(F)c(F)c1)/C(N)=N/O. The van der Waals surface area contributed by atoms with Gasteiger partial charge in [0.25, 0.3) is 5.91 Å². The van der Waals surface area contributed by atoms with Crippen LogP contribution in [-0.2, 0) is 0 Å². The second-order valence-electron chi connectivity index (χ2n) is 4.81. The monoisotopic (exact) mass is 289 g/mol. The maximum atomic E-state index is 13.0. The molecule has 4 N–H and O–H groups in total. The molecule has 0 unspecified atom stereocenters. The molecule has 0 bridgehead atoms. The lowest BCUT2D eigenvalue weighted by atomic mass is 9.92. The number of oxime groups is 1. The van der Waals surface area contributed by atoms with E-state index in [0.717, 1.165) is 0 Å². The lowest BCUT2D eigenvalue weighted by Crippen LogP contribution is -2.42. The number of halogens is 3. The molecular weight excluding hydrogens is 275 g/mol. The van der Waals surface area contributed by atoms with Crippen molar-refractivity contribution < 1.29 is 23.2 Å². The lowest BCUT2D eigenvalue weighted by Gasteiger charge is -2.23. The zero-order valence-electron chi connectivity index (χ0n) is 10.9. The molecule has 20 heavy (non-hydrogen) atoms. The number of benzene rings is 1. The zero-order chi connectivity index (χ0) is 15.5. The van der Waals surface area contributed by atoms with E-state index in [1.807, 2.05) is 0 Å². The van der Waals surface area contributed by atoms with E-state index in [9.17, 15) is 18.0 Å². The van der Waals surface area contributed by atoms with Crippen LogP contribution in [0.3, 0.4) is 0 Å². The molecule has 8 heteroatoms. The van der Waals surface area contributed by atoms with Crippen LogP contribution in [0.15, 0.2) is 17.3 Å². The van der Waals surface area contributed by atoms with Gasteiger partial charge in [-0.2, -0.15) is 0 Å². The van der Waals surface area contributed by atoms with E-state index in [0.29, 0.717) is 12.1 Å². The Balaban J connectivity index is 2.83. The fourth-order valence-electron chi connectivity index (χ4n) is 1.32. The van der Waals surface area contributed by atoms with Crippen molar-refractivity contribution >= 4 is 11.7 Å². The van der Waals surface area contributed by atoms with Crippen molar-refractivity contribution in [2.75, 3.05) is 6.54 Å². The summed E-state index contributed by atoms with van der Waals surface area (Å²) in [5.74, 6) is -5.47. The number of amides is 1. The van der Waals surface area contributed by atoms with Crippen LogP contribution in [0, 0.1) is 22.9 Å². The molecule has 1 aromatic rings. The van der Waals surface area contributed by atoms with E-state index < -0.39 is 28.8 Å². The number of rotatable bonds is 4. The Hall–Kier alpha value is -2.25. The first kappa shape index (κ1) is 15.8. The van der Waals surface area contributed by atoms with Gasteiger partial charge in [-0.25, -0.2) is 13.2 Å². The number of nitrogens with zero attached hydrogens (tertiary/aromatic N) is 1. The van der Waals surface area contributed by atoms with Crippen LogP contribution < -0.4 is 11.1 Å². The van der Waals surface area contributed by atoms with Gasteiger partial charge in [0.2, 0.25) is 0 Å². The average Bonchev–Trinajstić information content (AvgIpc) is 2.40. The molecule has 110 valence electrons. The molecule has 0 aromatic heterocycles. The van der Waals surface area contributed by atoms with Crippen molar-refractivity contribution in [3.05, 3.63) is 35.1 Å². The molecule has 0 fully saturated rings. The Labute approximate surface area is 113 Å². The Morgan fingerprint density at radius 3 is 2.30 bits per heavy atom. The van der Waals surface area contributed by atoms with Crippen LogP contribution in [0.5, 0.6) is 0 Å². The Morgan fingerprint density at radius 1 is 1.35 bits per heavy atom. The van der Waals surface area contributed by atoms with Gasteiger partial charge >= 0.3 is 0 Å². The van der Waals surface area contributed by atoms with E-state index >= 15 is 0 Å². The number of nitrogens with two attached hydrogens (primary N) is 1. The fourth-order valence-corrected chi connectivity index (χ4v) is 1.32. The second kappa shape index (κ2) is 5.81. The Morgan fingerprint density at radius 2 is 1.85 bits per heavy atom. The first-order valence-electron chi connectivity index (χ1n) is 5.60. The van der Waals surface area contributed by atoms with Crippen LogP contribution in [0.1, 0.15) is 24.2 Å². The molecule has 0 aliphatic heterocycles. The van der Waals surface area contributed by atoms with Crippen LogP contribution in [0.2, 0.25) is 0 Å². The summed E-state index contributed by atoms with van der Waals surface area (Å²) in [6, 6.07) is 1.18. The minimum absolute atomic E-state index is 0.0393. The highest BCUT2D eigenvalue weighted by Gasteiger charge is 2.25. The third-order valence-electron chi connectivity index (χ3n) is 2.74. The van der Waals surface area contributed by atoms with E-state index in [-0.39, 0.29) is 17.9 Å². The first-order valence-corrected chi connectivity index (χ1v) is 5.60. The van der Waals surface area contributed by atoms with Crippen LogP contribution in [0.4, 0.5) is 13.2 Å². The van der Waals surface area contributed by atoms with Gasteiger partial charge < -0.3 is 16.3 Å². The van der Waals surface area contributed by atoms with Gasteiger partial charge in [-0.05, 0) is 12.1 Å². The molecule has 0 aliphatic rings. The number of carbonyl (C=O) groups excluding carboxylic acids is 1. The van der Waals surface area contributed by atoms with Gasteiger partial charge in [0, 0.05) is 17.5 Å². The van der Waals surface area contributed by atoms with Crippen molar-refractivity contribution in [2.45, 2.75) is 13.8 Å². The predicted octanol–water partition coefficient (Wildman–Crippen LogP) is 1.61. The number of amidine groups is 1. The summed E-state index contributed by atoms with van der Waals surface area (Å²) in [6.45, 7) is 3.14. The van der Waals surface area contributed by atoms with Crippen molar-refractivity contribution in [3.63, 3.8) is 0 Å². The van der Waals surface area contributed by atoms with Crippen molar-refractivity contribution in [1.29, 1.82) is 0 Å². The molecule has 0 spiro atoms. The Bertz CT molecular complexity index is 536. The third kappa shape index (κ3) is 3.40. The van der Waals surface area contributed by atoms with Gasteiger partial charge in [0.05, 0.1) is 0 Å². The maximum Gasteiger partial charge on any atom is 0.251 e. The molecule has 5 nitrogen and oxygen atoms in total. The van der Waals surface area contributed by atoms with Crippen LogP contribution in [-0.4, -0.2) is 23.5 Å². The second-order valence-corrected chi connectivity index (χ2v) is 4.81. The quantitative estimate of drug-likeness (QED) is 0.259. The van der Waals surface area contributed by atoms with Crippen molar-refractivity contribution in [3.8, 4) is 0 Å². The molecule has 1 aromatic carbocycles. The lowest BCUT2D eigenvalue weighted by molar-refractivity contribution is 0.0943. The van der Waals surface area contributed by atoms with Crippen molar-refractivity contribution in [1.82, 2.24) is 5.32 Å². The highest BCUT2D eigenvalue weighted by atomic mass is 19.2. The summed E-state index contributed by atoms with van der Waals surface area (Å²) in [6.07, 6.45) is 0. The molecule has 0 aliphatic carbocycles. The van der Waals surface area contributed by atoms with E-state index in [4.69, 9.17) is 10.9 Å². The zero-order valence-corrected chi connectivity index (χ0v) is 10.9. The van der Waals surface area contributed by atoms with E-state index in [1.54, 1.807) is 13.8 Å². The first-order chi connectivity index (χ1) is 9.19. The minimum Gasteiger partial charge on any atom is -0.409 e. The van der Waals surface area contributed by atoms with E-state index in [2.05, 4.69) is 10.5 Å². The normalized spacial score (nSPS) is 12.3. The number of hydrogen-bond donors (Lipinski definition) is 3. The largest absolute Gasteiger partial charge is 0.409 e. The summed E-state index contributed by atoms with van der Waals surface area (Å²) in [5.41, 5.74) is 4.20. The molecule has 0 heterocycles. The molecular formula is C12H14F3N3O2. The summed E-state index contributed by atoms with van der Waals surface area (Å²) in [4.78, 5) is 11.7. The van der Waals surface area contributed by atoms with Crippen LogP contribution in [0.25, 0.3) is 0 Å². The van der Waals surface area contributed by atoms with Gasteiger partial charge in [0.1, 0.15) is 5.84 Å². The highest BCUT2D eigenvalue weighted by molar-refractivity contribution is 5.95. The topological polar surface area (TPSA) is 87.7 Å². The van der Waals surface area contributed by atoms with E-state index in [1.165, 1.54) is 0 Å². The summed E-state index contributed by atoms with van der Waals surface area (Å²) >= 11 is 0. The van der Waals surface area contributed by atoms with Crippen LogP contribution >= 0.6 is 0 Å². The molecule has 0 atom stereocenters. The predicted molar refractivity (Wildman–Crippen MR) is 65.8 cm³/mol. The van der Waals surface area contributed by atoms with Crippen molar-refractivity contribution in [2.24, 2.45) is 16.3 Å². The molecule has 1 rings (SSSR count). The van der Waals surface area contributed by atoms with Gasteiger partial charge in [-0.1, -0.05) is 19.0 Å². The van der Waals surface area contributed by atoms with Gasteiger partial charge in [0.15, 0.2) is 17.5 Å². The molecule has 0 saturated carbocycles. The third-order valence-corrected chi connectivity index (χ3v) is 2.74. The molecule has 0 radical (unpaired) electrons. The average molecular weight is 289 g/mol. The standard InChI is InChI=1S/C12H14F3N3O2/c1-12(2,11(16)18-20)5-17-10(19)6-3-7(13)9(15)8(14)4-6/h3-4,20H,5H2,1-2H3,(H2,16,18)(H,17,19). The molecule has 1 amide bonds. The summed E-state index contributed by atoms with van der Waals surface area (Å²) in [7, 11) is 0. The highest BCUT2D eigenvalue weighted by Crippen LogP contribution is 2.16. The molecule has 0 saturated heterocycles. The Kier molecular flexibility index (Phi) is 4.59. The summed E-state index contributed by atoms with van der Waals surface area (Å²) < 4.78 is 38.7. The van der Waals surface area contributed by atoms with Gasteiger partial charge in [-0.3, -0.25) is 4.79 Å². The number of carbonyl (C=O) groups is 1. The number of hydrogen-bond acceptors (Lipinski definition) is 3. The summed E-state index contributed by atoms with van der Waals surface area (Å²) in [5, 5.41) is 13.8. The number of nitrogens with one attached hydrogen (secondary N) is 1. The maximum absolute atomic E-state index is 13.0. The smallest absolute Gasteiger partial charge is 0.251 e. The fraction of sp³-hybridized carbons (Fsp3) is 0.333. The minimum atomic E-state index is -1.64. The van der Waals surface area contributed by atoms with Gasteiger partial charge in [-0.15, -0.1) is 0 Å².